The highest BCUT2D eigenvalue weighted by atomic mass is 16.3. The Labute approximate surface area is 103 Å². The fraction of sp³-hybridized carbons (Fsp3) is 0.500. The number of benzene rings is 1. The van der Waals surface area contributed by atoms with Gasteiger partial charge in [-0.25, -0.2) is 0 Å². The van der Waals surface area contributed by atoms with E-state index >= 15 is 0 Å². The molecule has 0 heterocycles. The minimum atomic E-state index is -0.337. The molecule has 1 atom stereocenters. The third kappa shape index (κ3) is 4.56. The first-order valence-corrected chi connectivity index (χ1v) is 5.94. The summed E-state index contributed by atoms with van der Waals surface area (Å²) in [5.41, 5.74) is 1.79. The molecule has 0 aliphatic carbocycles. The van der Waals surface area contributed by atoms with Crippen LogP contribution < -0.4 is 0 Å². The van der Waals surface area contributed by atoms with Crippen molar-refractivity contribution in [3.8, 4) is 6.07 Å². The van der Waals surface area contributed by atoms with Crippen LogP contribution in [0.3, 0.4) is 0 Å². The van der Waals surface area contributed by atoms with Crippen LogP contribution in [0, 0.1) is 11.3 Å². The van der Waals surface area contributed by atoms with Crippen LogP contribution in [0.1, 0.15) is 31.9 Å². The van der Waals surface area contributed by atoms with Crippen LogP contribution in [-0.4, -0.2) is 28.7 Å². The van der Waals surface area contributed by atoms with Gasteiger partial charge >= 0.3 is 0 Å². The molecule has 3 nitrogen and oxygen atoms in total. The van der Waals surface area contributed by atoms with Gasteiger partial charge in [0, 0.05) is 19.1 Å². The molecule has 1 rings (SSSR count). The molecule has 0 amide bonds. The monoisotopic (exact) mass is 232 g/mol. The lowest BCUT2D eigenvalue weighted by molar-refractivity contribution is 0.103. The van der Waals surface area contributed by atoms with Crippen molar-refractivity contribution in [2.45, 2.75) is 39.5 Å². The highest BCUT2D eigenvalue weighted by Crippen LogP contribution is 2.10. The van der Waals surface area contributed by atoms with Gasteiger partial charge in [0.25, 0.3) is 0 Å². The van der Waals surface area contributed by atoms with E-state index in [4.69, 9.17) is 5.26 Å². The summed E-state index contributed by atoms with van der Waals surface area (Å²) in [6.45, 7) is 7.42. The van der Waals surface area contributed by atoms with E-state index in [2.05, 4.69) is 24.8 Å². The van der Waals surface area contributed by atoms with Crippen molar-refractivity contribution < 1.29 is 5.11 Å². The average molecular weight is 232 g/mol. The Kier molecular flexibility index (Phi) is 5.14. The SMILES string of the molecule is CC(O)CN(Cc1cccc(C#N)c1)C(C)C. The van der Waals surface area contributed by atoms with E-state index in [1.165, 1.54) is 0 Å². The zero-order valence-corrected chi connectivity index (χ0v) is 10.7. The second-order valence-corrected chi connectivity index (χ2v) is 4.68. The summed E-state index contributed by atoms with van der Waals surface area (Å²) >= 11 is 0. The van der Waals surface area contributed by atoms with E-state index < -0.39 is 0 Å². The summed E-state index contributed by atoms with van der Waals surface area (Å²) in [7, 11) is 0. The van der Waals surface area contributed by atoms with E-state index in [0.29, 0.717) is 18.2 Å². The van der Waals surface area contributed by atoms with Gasteiger partial charge in [0.15, 0.2) is 0 Å². The third-order valence-corrected chi connectivity index (χ3v) is 2.67. The van der Waals surface area contributed by atoms with Crippen LogP contribution in [0.2, 0.25) is 0 Å². The Balaban J connectivity index is 2.75. The molecule has 3 heteroatoms. The fourth-order valence-electron chi connectivity index (χ4n) is 1.77. The van der Waals surface area contributed by atoms with Gasteiger partial charge in [-0.1, -0.05) is 12.1 Å². The van der Waals surface area contributed by atoms with Crippen molar-refractivity contribution in [1.29, 1.82) is 5.26 Å². The van der Waals surface area contributed by atoms with E-state index in [-0.39, 0.29) is 6.10 Å². The first-order chi connectivity index (χ1) is 8.02. The van der Waals surface area contributed by atoms with Crippen LogP contribution in [0.25, 0.3) is 0 Å². The van der Waals surface area contributed by atoms with E-state index in [0.717, 1.165) is 12.1 Å². The molecule has 0 bridgehead atoms. The molecule has 0 aliphatic heterocycles. The Bertz CT molecular complexity index is 393. The number of nitriles is 1. The van der Waals surface area contributed by atoms with Crippen molar-refractivity contribution in [3.05, 3.63) is 35.4 Å². The van der Waals surface area contributed by atoms with Gasteiger partial charge in [-0.05, 0) is 38.5 Å². The van der Waals surface area contributed by atoms with Gasteiger partial charge in [0.05, 0.1) is 17.7 Å². The molecule has 0 aliphatic rings. The highest BCUT2D eigenvalue weighted by molar-refractivity contribution is 5.32. The fourth-order valence-corrected chi connectivity index (χ4v) is 1.77. The maximum absolute atomic E-state index is 9.46. The lowest BCUT2D eigenvalue weighted by Gasteiger charge is -2.27. The second kappa shape index (κ2) is 6.39. The number of hydrogen-bond donors (Lipinski definition) is 1. The number of rotatable bonds is 5. The largest absolute Gasteiger partial charge is 0.392 e. The molecule has 0 aromatic heterocycles. The molecule has 1 unspecified atom stereocenters. The van der Waals surface area contributed by atoms with E-state index in [1.807, 2.05) is 18.2 Å². The molecular weight excluding hydrogens is 212 g/mol. The lowest BCUT2D eigenvalue weighted by atomic mass is 10.1. The number of nitrogens with zero attached hydrogens (tertiary/aromatic N) is 2. The third-order valence-electron chi connectivity index (χ3n) is 2.67. The normalized spacial score (nSPS) is 12.8. The molecule has 0 radical (unpaired) electrons. The van der Waals surface area contributed by atoms with Crippen LogP contribution in [-0.2, 0) is 6.54 Å². The van der Waals surface area contributed by atoms with Crippen molar-refractivity contribution >= 4 is 0 Å². The maximum Gasteiger partial charge on any atom is 0.0991 e. The van der Waals surface area contributed by atoms with Crippen molar-refractivity contribution in [2.75, 3.05) is 6.54 Å². The maximum atomic E-state index is 9.46. The summed E-state index contributed by atoms with van der Waals surface area (Å²) in [6, 6.07) is 10.1. The van der Waals surface area contributed by atoms with Gasteiger partial charge in [-0.2, -0.15) is 5.26 Å². The molecule has 1 aromatic rings. The van der Waals surface area contributed by atoms with Gasteiger partial charge < -0.3 is 5.11 Å². The second-order valence-electron chi connectivity index (χ2n) is 4.68. The zero-order chi connectivity index (χ0) is 12.8. The molecule has 17 heavy (non-hydrogen) atoms. The molecular formula is C14H20N2O. The summed E-state index contributed by atoms with van der Waals surface area (Å²) < 4.78 is 0. The Hall–Kier alpha value is -1.37. The van der Waals surface area contributed by atoms with Crippen molar-refractivity contribution in [3.63, 3.8) is 0 Å². The lowest BCUT2D eigenvalue weighted by Crippen LogP contribution is -2.36. The highest BCUT2D eigenvalue weighted by Gasteiger charge is 2.12. The molecule has 0 saturated heterocycles. The standard InChI is InChI=1S/C14H20N2O/c1-11(2)16(9-12(3)17)10-14-6-4-5-13(7-14)8-15/h4-7,11-12,17H,9-10H2,1-3H3. The first-order valence-electron chi connectivity index (χ1n) is 5.94. The van der Waals surface area contributed by atoms with Gasteiger partial charge in [0.1, 0.15) is 0 Å². The number of aliphatic hydroxyl groups is 1. The minimum Gasteiger partial charge on any atom is -0.392 e. The predicted octanol–water partition coefficient (Wildman–Crippen LogP) is 2.15. The molecule has 1 aromatic carbocycles. The zero-order valence-electron chi connectivity index (χ0n) is 10.7. The number of aliphatic hydroxyl groups excluding tert-OH is 1. The minimum absolute atomic E-state index is 0.337. The van der Waals surface area contributed by atoms with E-state index in [1.54, 1.807) is 13.0 Å². The Morgan fingerprint density at radius 3 is 2.59 bits per heavy atom. The summed E-state index contributed by atoms with van der Waals surface area (Å²) in [5, 5.41) is 18.3. The van der Waals surface area contributed by atoms with Crippen LogP contribution in [0.15, 0.2) is 24.3 Å². The molecule has 1 N–H and O–H groups in total. The van der Waals surface area contributed by atoms with Crippen LogP contribution in [0.4, 0.5) is 0 Å². The summed E-state index contributed by atoms with van der Waals surface area (Å²) in [5.74, 6) is 0. The van der Waals surface area contributed by atoms with Crippen LogP contribution in [0.5, 0.6) is 0 Å². The molecule has 0 saturated carbocycles. The quantitative estimate of drug-likeness (QED) is 0.846. The van der Waals surface area contributed by atoms with Gasteiger partial charge in [-0.3, -0.25) is 4.90 Å². The first kappa shape index (κ1) is 13.7. The summed E-state index contributed by atoms with van der Waals surface area (Å²) in [4.78, 5) is 2.20. The van der Waals surface area contributed by atoms with Crippen molar-refractivity contribution in [2.24, 2.45) is 0 Å². The van der Waals surface area contributed by atoms with E-state index in [9.17, 15) is 5.11 Å². The Morgan fingerprint density at radius 2 is 2.06 bits per heavy atom. The van der Waals surface area contributed by atoms with Crippen molar-refractivity contribution in [1.82, 2.24) is 4.90 Å². The Morgan fingerprint density at radius 1 is 1.35 bits per heavy atom. The summed E-state index contributed by atoms with van der Waals surface area (Å²) in [6.07, 6.45) is -0.337. The molecule has 0 spiro atoms. The topological polar surface area (TPSA) is 47.3 Å². The average Bonchev–Trinajstić information content (AvgIpc) is 2.27. The predicted molar refractivity (Wildman–Crippen MR) is 68.4 cm³/mol. The van der Waals surface area contributed by atoms with Gasteiger partial charge in [-0.15, -0.1) is 0 Å². The molecule has 92 valence electrons. The van der Waals surface area contributed by atoms with Gasteiger partial charge in [0.2, 0.25) is 0 Å². The smallest absolute Gasteiger partial charge is 0.0991 e. The van der Waals surface area contributed by atoms with Crippen LogP contribution >= 0.6 is 0 Å². The number of hydrogen-bond acceptors (Lipinski definition) is 3. The molecule has 0 fully saturated rings.